The number of hydrogen-bond donors (Lipinski definition) is 0. The van der Waals surface area contributed by atoms with Gasteiger partial charge in [0.1, 0.15) is 0 Å². The lowest BCUT2D eigenvalue weighted by atomic mass is 9.95. The summed E-state index contributed by atoms with van der Waals surface area (Å²) < 4.78 is 1.35. The first kappa shape index (κ1) is 11.3. The zero-order valence-corrected chi connectivity index (χ0v) is 9.74. The first-order valence-corrected chi connectivity index (χ1v) is 5.62. The third kappa shape index (κ3) is 1.63. The quantitative estimate of drug-likeness (QED) is 0.521. The van der Waals surface area contributed by atoms with E-state index in [2.05, 4.69) is 4.98 Å². The predicted octanol–water partition coefficient (Wildman–Crippen LogP) is -0.179. The van der Waals surface area contributed by atoms with Gasteiger partial charge in [-0.15, -0.1) is 0 Å². The monoisotopic (exact) mass is 252 g/mol. The van der Waals surface area contributed by atoms with Gasteiger partial charge in [-0.2, -0.15) is 4.57 Å². The van der Waals surface area contributed by atoms with Gasteiger partial charge in [0.25, 0.3) is 11.5 Å². The molecule has 0 saturated carbocycles. The fourth-order valence-electron chi connectivity index (χ4n) is 2.00. The molecule has 0 atom stereocenters. The molecule has 0 fully saturated rings. The summed E-state index contributed by atoms with van der Waals surface area (Å²) in [5.41, 5.74) is -0.0898. The number of pyridine rings is 2. The van der Waals surface area contributed by atoms with E-state index in [4.69, 9.17) is 0 Å². The highest BCUT2D eigenvalue weighted by Gasteiger charge is 2.35. The van der Waals surface area contributed by atoms with Gasteiger partial charge >= 0.3 is 0 Å². The van der Waals surface area contributed by atoms with E-state index in [0.717, 1.165) is 0 Å². The first-order valence-electron chi connectivity index (χ1n) is 5.62. The second-order valence-electron chi connectivity index (χ2n) is 4.02. The molecule has 0 spiro atoms. The second-order valence-corrected chi connectivity index (χ2v) is 4.02. The molecule has 92 valence electrons. The van der Waals surface area contributed by atoms with Crippen molar-refractivity contribution in [3.05, 3.63) is 60.2 Å². The maximum Gasteiger partial charge on any atom is 0.297 e. The van der Waals surface area contributed by atoms with E-state index in [9.17, 15) is 14.7 Å². The van der Waals surface area contributed by atoms with Crippen LogP contribution in [-0.4, -0.2) is 16.6 Å². The lowest BCUT2D eigenvalue weighted by Crippen LogP contribution is -2.43. The molecule has 0 amide bonds. The number of aromatic nitrogens is 2. The van der Waals surface area contributed by atoms with Crippen LogP contribution in [-0.2, 0) is 4.79 Å². The summed E-state index contributed by atoms with van der Waals surface area (Å²) in [5, 5.41) is 12.3. The molecule has 0 saturated heterocycles. The Balaban J connectivity index is 2.30. The summed E-state index contributed by atoms with van der Waals surface area (Å²) in [5.74, 6) is -2.04. The number of carbonyl (C=O) groups is 2. The molecule has 2 heterocycles. The van der Waals surface area contributed by atoms with Crippen molar-refractivity contribution in [3.8, 4) is 0 Å². The fourth-order valence-corrected chi connectivity index (χ4v) is 2.00. The molecule has 2 aromatic heterocycles. The highest BCUT2D eigenvalue weighted by molar-refractivity contribution is 6.58. The van der Waals surface area contributed by atoms with E-state index >= 15 is 0 Å². The summed E-state index contributed by atoms with van der Waals surface area (Å²) in [7, 11) is 0. The molecule has 0 N–H and O–H groups in total. The van der Waals surface area contributed by atoms with Gasteiger partial charge in [0.2, 0.25) is 5.78 Å². The van der Waals surface area contributed by atoms with Gasteiger partial charge in [-0.1, -0.05) is 6.07 Å². The van der Waals surface area contributed by atoms with Gasteiger partial charge in [-0.25, -0.2) is 0 Å². The molecular weight excluding hydrogens is 244 g/mol. The van der Waals surface area contributed by atoms with E-state index in [1.807, 2.05) is 0 Å². The number of allylic oxidation sites excluding steroid dienone is 1. The van der Waals surface area contributed by atoms with E-state index in [-0.39, 0.29) is 17.0 Å². The van der Waals surface area contributed by atoms with E-state index in [1.165, 1.54) is 22.9 Å². The Labute approximate surface area is 108 Å². The minimum Gasteiger partial charge on any atom is -0.866 e. The number of fused-ring (bicyclic) bond motifs is 1. The molecule has 0 aromatic carbocycles. The van der Waals surface area contributed by atoms with Crippen LogP contribution in [0.15, 0.2) is 48.9 Å². The van der Waals surface area contributed by atoms with Crippen LogP contribution in [0, 0.1) is 0 Å². The number of ketones is 2. The zero-order valence-electron chi connectivity index (χ0n) is 9.74. The molecule has 5 nitrogen and oxygen atoms in total. The van der Waals surface area contributed by atoms with Crippen molar-refractivity contribution in [2.24, 2.45) is 0 Å². The van der Waals surface area contributed by atoms with Crippen LogP contribution in [0.1, 0.15) is 16.1 Å². The zero-order chi connectivity index (χ0) is 13.4. The summed E-state index contributed by atoms with van der Waals surface area (Å²) in [6.07, 6.45) is 4.52. The Morgan fingerprint density at radius 3 is 2.47 bits per heavy atom. The maximum atomic E-state index is 12.3. The molecule has 0 aliphatic heterocycles. The van der Waals surface area contributed by atoms with Crippen molar-refractivity contribution in [3.63, 3.8) is 0 Å². The summed E-state index contributed by atoms with van der Waals surface area (Å²) in [4.78, 5) is 27.9. The fraction of sp³-hybridized carbons (Fsp3) is 0. The molecule has 3 rings (SSSR count). The molecule has 0 bridgehead atoms. The number of carbonyl (C=O) groups excluding carboxylic acids is 2. The minimum absolute atomic E-state index is 0.0263. The van der Waals surface area contributed by atoms with Crippen molar-refractivity contribution < 1.29 is 19.3 Å². The van der Waals surface area contributed by atoms with Crippen molar-refractivity contribution in [1.29, 1.82) is 0 Å². The maximum absolute atomic E-state index is 12.3. The number of Topliss-reactive ketones (excluding diaryl/α,β-unsaturated/α-hetero) is 2. The lowest BCUT2D eigenvalue weighted by molar-refractivity contribution is -0.579. The van der Waals surface area contributed by atoms with E-state index in [0.29, 0.717) is 0 Å². The molecule has 19 heavy (non-hydrogen) atoms. The van der Waals surface area contributed by atoms with Gasteiger partial charge in [-0.3, -0.25) is 14.6 Å². The first-order chi connectivity index (χ1) is 9.20. The number of nitrogens with zero attached hydrogens (tertiary/aromatic N) is 2. The summed E-state index contributed by atoms with van der Waals surface area (Å²) >= 11 is 0. The van der Waals surface area contributed by atoms with Gasteiger partial charge in [0, 0.05) is 18.3 Å². The molecule has 0 radical (unpaired) electrons. The Hall–Kier alpha value is -2.82. The lowest BCUT2D eigenvalue weighted by Gasteiger charge is -2.19. The molecule has 1 aliphatic carbocycles. The largest absolute Gasteiger partial charge is 0.866 e. The van der Waals surface area contributed by atoms with Crippen LogP contribution in [0.4, 0.5) is 0 Å². The van der Waals surface area contributed by atoms with Gasteiger partial charge in [0.05, 0.1) is 11.3 Å². The topological polar surface area (TPSA) is 74.0 Å². The Morgan fingerprint density at radius 2 is 1.74 bits per heavy atom. The average Bonchev–Trinajstić information content (AvgIpc) is 2.46. The summed E-state index contributed by atoms with van der Waals surface area (Å²) in [6.45, 7) is 0. The van der Waals surface area contributed by atoms with Crippen LogP contribution in [0.5, 0.6) is 0 Å². The molecule has 1 aliphatic rings. The predicted molar refractivity (Wildman–Crippen MR) is 63.3 cm³/mol. The molecule has 2 aromatic rings. The van der Waals surface area contributed by atoms with Crippen LogP contribution < -0.4 is 9.67 Å². The third-order valence-electron chi connectivity index (χ3n) is 2.88. The van der Waals surface area contributed by atoms with E-state index in [1.54, 1.807) is 30.6 Å². The standard InChI is InChI=1S/C14H8N2O3/c17-12-9-5-4-6-15-10(9)13(18)11(14(12)19)16-7-2-1-3-8-16/h1-8H. The minimum atomic E-state index is -0.804. The molecular formula is C14H8N2O3. The van der Waals surface area contributed by atoms with Gasteiger partial charge in [0.15, 0.2) is 12.4 Å². The highest BCUT2D eigenvalue weighted by atomic mass is 16.3. The smallest absolute Gasteiger partial charge is 0.297 e. The molecule has 5 heteroatoms. The SMILES string of the molecule is O=C1C(=O)c2cccnc2C([O-])=C1[n+]1ccccc1. The Kier molecular flexibility index (Phi) is 2.45. The second kappa shape index (κ2) is 4.13. The van der Waals surface area contributed by atoms with Gasteiger partial charge < -0.3 is 5.11 Å². The number of rotatable bonds is 1. The van der Waals surface area contributed by atoms with Crippen molar-refractivity contribution >= 4 is 23.0 Å². The number of hydrogen-bond acceptors (Lipinski definition) is 4. The van der Waals surface area contributed by atoms with Crippen molar-refractivity contribution in [2.75, 3.05) is 0 Å². The third-order valence-corrected chi connectivity index (χ3v) is 2.88. The average molecular weight is 252 g/mol. The normalized spacial score (nSPS) is 14.5. The molecule has 0 unspecified atom stereocenters. The van der Waals surface area contributed by atoms with Crippen LogP contribution >= 0.6 is 0 Å². The van der Waals surface area contributed by atoms with Crippen molar-refractivity contribution in [2.45, 2.75) is 0 Å². The highest BCUT2D eigenvalue weighted by Crippen LogP contribution is 2.23. The Morgan fingerprint density at radius 1 is 1.00 bits per heavy atom. The van der Waals surface area contributed by atoms with Crippen LogP contribution in [0.3, 0.4) is 0 Å². The van der Waals surface area contributed by atoms with Crippen LogP contribution in [0.2, 0.25) is 0 Å². The van der Waals surface area contributed by atoms with E-state index < -0.39 is 17.3 Å². The van der Waals surface area contributed by atoms with Gasteiger partial charge in [-0.05, 0) is 17.9 Å². The Bertz CT molecular complexity index is 720. The summed E-state index contributed by atoms with van der Waals surface area (Å²) in [6, 6.07) is 8.06. The van der Waals surface area contributed by atoms with Crippen molar-refractivity contribution in [1.82, 2.24) is 4.98 Å². The van der Waals surface area contributed by atoms with Crippen LogP contribution in [0.25, 0.3) is 11.5 Å².